The van der Waals surface area contributed by atoms with Gasteiger partial charge in [-0.2, -0.15) is 0 Å². The van der Waals surface area contributed by atoms with Gasteiger partial charge in [0, 0.05) is 37.4 Å². The summed E-state index contributed by atoms with van der Waals surface area (Å²) in [6.45, 7) is 1.90. The molecule has 0 aliphatic rings. The molecule has 2 atom stereocenters. The Bertz CT molecular complexity index is 467. The molecular formula is C12H15ClINO2S. The lowest BCUT2D eigenvalue weighted by Crippen LogP contribution is -2.34. The first-order chi connectivity index (χ1) is 8.40. The Morgan fingerprint density at radius 2 is 2.22 bits per heavy atom. The highest BCUT2D eigenvalue weighted by molar-refractivity contribution is 14.1. The second kappa shape index (κ2) is 7.45. The van der Waals surface area contributed by atoms with Crippen LogP contribution >= 0.6 is 34.2 Å². The smallest absolute Gasteiger partial charge is 0.252 e. The largest absolute Gasteiger partial charge is 0.350 e. The van der Waals surface area contributed by atoms with Crippen molar-refractivity contribution < 1.29 is 9.00 Å². The molecule has 1 aromatic rings. The van der Waals surface area contributed by atoms with E-state index in [0.29, 0.717) is 22.8 Å². The van der Waals surface area contributed by atoms with Crippen LogP contribution in [0.4, 0.5) is 0 Å². The molecule has 0 spiro atoms. The predicted molar refractivity (Wildman–Crippen MR) is 84.6 cm³/mol. The summed E-state index contributed by atoms with van der Waals surface area (Å²) in [6, 6.07) is 5.22. The number of carbonyl (C=O) groups excluding carboxylic acids is 1. The summed E-state index contributed by atoms with van der Waals surface area (Å²) in [6.07, 6.45) is 2.36. The van der Waals surface area contributed by atoms with Gasteiger partial charge in [-0.1, -0.05) is 11.6 Å². The Kier molecular flexibility index (Phi) is 6.59. The van der Waals surface area contributed by atoms with Crippen LogP contribution in [0.2, 0.25) is 5.02 Å². The number of hydrogen-bond donors (Lipinski definition) is 1. The Labute approximate surface area is 128 Å². The third kappa shape index (κ3) is 5.24. The van der Waals surface area contributed by atoms with Gasteiger partial charge in [0.2, 0.25) is 0 Å². The number of amides is 1. The highest BCUT2D eigenvalue weighted by Gasteiger charge is 2.13. The molecular weight excluding hydrogens is 385 g/mol. The van der Waals surface area contributed by atoms with Crippen LogP contribution in [-0.4, -0.2) is 28.2 Å². The zero-order valence-electron chi connectivity index (χ0n) is 10.2. The SMILES string of the molecule is CC(CCS(C)=O)NC(=O)c1cc(Cl)ccc1I. The molecule has 1 amide bonds. The quantitative estimate of drug-likeness (QED) is 0.774. The minimum atomic E-state index is -0.827. The number of nitrogens with one attached hydrogen (secondary N) is 1. The number of benzene rings is 1. The van der Waals surface area contributed by atoms with E-state index in [1.165, 1.54) is 0 Å². The molecule has 0 heterocycles. The highest BCUT2D eigenvalue weighted by Crippen LogP contribution is 2.18. The second-order valence-corrected chi connectivity index (χ2v) is 7.22. The van der Waals surface area contributed by atoms with Crippen molar-refractivity contribution in [2.75, 3.05) is 12.0 Å². The molecule has 0 aromatic heterocycles. The van der Waals surface area contributed by atoms with E-state index in [4.69, 9.17) is 11.6 Å². The topological polar surface area (TPSA) is 46.2 Å². The summed E-state index contributed by atoms with van der Waals surface area (Å²) in [5, 5.41) is 3.43. The third-order valence-corrected chi connectivity index (χ3v) is 4.38. The molecule has 0 saturated heterocycles. The molecule has 1 aromatic carbocycles. The van der Waals surface area contributed by atoms with E-state index in [1.807, 2.05) is 13.0 Å². The average molecular weight is 400 g/mol. The average Bonchev–Trinajstić information content (AvgIpc) is 2.29. The van der Waals surface area contributed by atoms with Gasteiger partial charge in [-0.25, -0.2) is 0 Å². The zero-order chi connectivity index (χ0) is 13.7. The minimum absolute atomic E-state index is 0.00354. The zero-order valence-corrected chi connectivity index (χ0v) is 13.9. The van der Waals surface area contributed by atoms with E-state index in [-0.39, 0.29) is 11.9 Å². The molecule has 0 bridgehead atoms. The summed E-state index contributed by atoms with van der Waals surface area (Å²) in [5.74, 6) is 0.449. The Balaban J connectivity index is 2.64. The fourth-order valence-corrected chi connectivity index (χ4v) is 2.83. The van der Waals surface area contributed by atoms with E-state index in [9.17, 15) is 9.00 Å². The van der Waals surface area contributed by atoms with Gasteiger partial charge in [0.15, 0.2) is 0 Å². The maximum atomic E-state index is 12.0. The maximum Gasteiger partial charge on any atom is 0.252 e. The molecule has 0 saturated carbocycles. The van der Waals surface area contributed by atoms with E-state index in [1.54, 1.807) is 18.4 Å². The number of halogens is 2. The fraction of sp³-hybridized carbons (Fsp3) is 0.417. The van der Waals surface area contributed by atoms with Crippen LogP contribution in [-0.2, 0) is 10.8 Å². The van der Waals surface area contributed by atoms with Gasteiger partial charge >= 0.3 is 0 Å². The standard InChI is InChI=1S/C12H15ClINO2S/c1-8(5-6-18(2)17)15-12(16)10-7-9(13)3-4-11(10)14/h3-4,7-8H,5-6H2,1-2H3,(H,15,16). The van der Waals surface area contributed by atoms with Gasteiger partial charge in [0.25, 0.3) is 5.91 Å². The molecule has 100 valence electrons. The molecule has 1 rings (SSSR count). The van der Waals surface area contributed by atoms with E-state index < -0.39 is 10.8 Å². The lowest BCUT2D eigenvalue weighted by Gasteiger charge is -2.14. The Morgan fingerprint density at radius 3 is 2.83 bits per heavy atom. The van der Waals surface area contributed by atoms with Gasteiger partial charge in [-0.3, -0.25) is 9.00 Å². The van der Waals surface area contributed by atoms with E-state index in [2.05, 4.69) is 27.9 Å². The van der Waals surface area contributed by atoms with Crippen molar-refractivity contribution in [3.8, 4) is 0 Å². The number of rotatable bonds is 5. The van der Waals surface area contributed by atoms with E-state index >= 15 is 0 Å². The van der Waals surface area contributed by atoms with Crippen LogP contribution in [0.15, 0.2) is 18.2 Å². The van der Waals surface area contributed by atoms with Crippen LogP contribution in [0.5, 0.6) is 0 Å². The summed E-state index contributed by atoms with van der Waals surface area (Å²) >= 11 is 7.98. The van der Waals surface area contributed by atoms with Crippen molar-refractivity contribution in [2.24, 2.45) is 0 Å². The first-order valence-electron chi connectivity index (χ1n) is 5.46. The Hall–Kier alpha value is -0.140. The van der Waals surface area contributed by atoms with Crippen LogP contribution in [0.3, 0.4) is 0 Å². The van der Waals surface area contributed by atoms with Crippen LogP contribution < -0.4 is 5.32 Å². The molecule has 1 N–H and O–H groups in total. The van der Waals surface area contributed by atoms with Crippen LogP contribution in [0.1, 0.15) is 23.7 Å². The molecule has 2 unspecified atom stereocenters. The first kappa shape index (κ1) is 15.9. The molecule has 18 heavy (non-hydrogen) atoms. The van der Waals surface area contributed by atoms with Gasteiger partial charge < -0.3 is 5.32 Å². The van der Waals surface area contributed by atoms with Crippen LogP contribution in [0.25, 0.3) is 0 Å². The lowest BCUT2D eigenvalue weighted by atomic mass is 10.2. The highest BCUT2D eigenvalue weighted by atomic mass is 127. The monoisotopic (exact) mass is 399 g/mol. The lowest BCUT2D eigenvalue weighted by molar-refractivity contribution is 0.0938. The van der Waals surface area contributed by atoms with Crippen LogP contribution in [0, 0.1) is 3.57 Å². The number of carbonyl (C=O) groups is 1. The van der Waals surface area contributed by atoms with Crippen molar-refractivity contribution in [3.05, 3.63) is 32.4 Å². The molecule has 0 aliphatic heterocycles. The van der Waals surface area contributed by atoms with Crippen molar-refractivity contribution >= 4 is 50.9 Å². The predicted octanol–water partition coefficient (Wildman–Crippen LogP) is 2.83. The van der Waals surface area contributed by atoms with Crippen molar-refractivity contribution in [2.45, 2.75) is 19.4 Å². The van der Waals surface area contributed by atoms with Crippen molar-refractivity contribution in [1.29, 1.82) is 0 Å². The summed E-state index contributed by atoms with van der Waals surface area (Å²) < 4.78 is 11.8. The van der Waals surface area contributed by atoms with Gasteiger partial charge in [-0.15, -0.1) is 0 Å². The second-order valence-electron chi connectivity index (χ2n) is 4.06. The third-order valence-electron chi connectivity index (χ3n) is 2.39. The minimum Gasteiger partial charge on any atom is -0.350 e. The van der Waals surface area contributed by atoms with Crippen molar-refractivity contribution in [3.63, 3.8) is 0 Å². The molecule has 6 heteroatoms. The molecule has 0 aliphatic carbocycles. The first-order valence-corrected chi connectivity index (χ1v) is 8.64. The summed E-state index contributed by atoms with van der Waals surface area (Å²) in [5.41, 5.74) is 0.576. The van der Waals surface area contributed by atoms with Gasteiger partial charge in [0.05, 0.1) is 5.56 Å². The molecule has 0 fully saturated rings. The molecule has 3 nitrogen and oxygen atoms in total. The van der Waals surface area contributed by atoms with E-state index in [0.717, 1.165) is 3.57 Å². The Morgan fingerprint density at radius 1 is 1.56 bits per heavy atom. The normalized spacial score (nSPS) is 14.0. The van der Waals surface area contributed by atoms with Gasteiger partial charge in [-0.05, 0) is 54.1 Å². The summed E-state index contributed by atoms with van der Waals surface area (Å²) in [7, 11) is -0.827. The van der Waals surface area contributed by atoms with Gasteiger partial charge in [0.1, 0.15) is 0 Å². The molecule has 0 radical (unpaired) electrons. The summed E-state index contributed by atoms with van der Waals surface area (Å²) in [4.78, 5) is 12.0. The van der Waals surface area contributed by atoms with Crippen molar-refractivity contribution in [1.82, 2.24) is 5.32 Å². The number of hydrogen-bond acceptors (Lipinski definition) is 2. The fourth-order valence-electron chi connectivity index (χ4n) is 1.39. The maximum absolute atomic E-state index is 12.0.